The van der Waals surface area contributed by atoms with E-state index in [2.05, 4.69) is 0 Å². The Bertz CT molecular complexity index is 892. The van der Waals surface area contributed by atoms with Crippen molar-refractivity contribution in [2.24, 2.45) is 11.8 Å². The van der Waals surface area contributed by atoms with Crippen molar-refractivity contribution in [2.45, 2.75) is 50.7 Å². The molecule has 2 amide bonds. The summed E-state index contributed by atoms with van der Waals surface area (Å²) in [6.45, 7) is 4.17. The van der Waals surface area contributed by atoms with Crippen LogP contribution in [0.4, 0.5) is 10.1 Å². The minimum atomic E-state index is -1.23. The molecule has 6 nitrogen and oxygen atoms in total. The van der Waals surface area contributed by atoms with Crippen molar-refractivity contribution in [2.75, 3.05) is 4.90 Å². The predicted molar refractivity (Wildman–Crippen MR) is 88.6 cm³/mol. The molecular weight excluding hydrogens is 339 g/mol. The SMILES string of the molecule is CC12C[C@](C)(O)C(C)(O1)[C@@H]1C(=O)N(c3ccc(C#N)c(CF)c3)C(=O)[C@@H]12. The standard InChI is InChI=1S/C19H19FN2O4/c1-17-9-18(2,25)19(3,26-17)14-13(17)15(23)22(16(14)24)12-5-4-10(8-21)11(6-12)7-20/h4-6,13-14,25H,7,9H2,1-3H3/t13-,14+,17?,18+,19?/m1/s1. The van der Waals surface area contributed by atoms with Crippen LogP contribution < -0.4 is 4.90 Å². The van der Waals surface area contributed by atoms with E-state index in [0.29, 0.717) is 0 Å². The third-order valence-electron chi connectivity index (χ3n) is 6.38. The van der Waals surface area contributed by atoms with Gasteiger partial charge in [0.2, 0.25) is 11.8 Å². The van der Waals surface area contributed by atoms with Crippen molar-refractivity contribution in [3.8, 4) is 6.07 Å². The number of alkyl halides is 1. The van der Waals surface area contributed by atoms with E-state index >= 15 is 0 Å². The summed E-state index contributed by atoms with van der Waals surface area (Å²) < 4.78 is 19.2. The van der Waals surface area contributed by atoms with Gasteiger partial charge < -0.3 is 9.84 Å². The van der Waals surface area contributed by atoms with E-state index in [-0.39, 0.29) is 23.2 Å². The van der Waals surface area contributed by atoms with Gasteiger partial charge in [-0.3, -0.25) is 9.59 Å². The maximum Gasteiger partial charge on any atom is 0.240 e. The lowest BCUT2D eigenvalue weighted by molar-refractivity contribution is -0.143. The molecule has 1 aromatic carbocycles. The summed E-state index contributed by atoms with van der Waals surface area (Å²) in [4.78, 5) is 27.3. The molecule has 7 heteroatoms. The van der Waals surface area contributed by atoms with Crippen LogP contribution in [0, 0.1) is 23.2 Å². The molecule has 1 N–H and O–H groups in total. The maximum atomic E-state index is 13.2. The molecule has 3 aliphatic heterocycles. The Labute approximate surface area is 150 Å². The Morgan fingerprint density at radius 1 is 1.31 bits per heavy atom. The van der Waals surface area contributed by atoms with Gasteiger partial charge in [-0.2, -0.15) is 5.26 Å². The average Bonchev–Trinajstić information content (AvgIpc) is 3.05. The quantitative estimate of drug-likeness (QED) is 0.815. The number of nitrogens with zero attached hydrogens (tertiary/aromatic N) is 2. The molecule has 2 unspecified atom stereocenters. The molecule has 0 aliphatic carbocycles. The molecule has 3 fully saturated rings. The first-order chi connectivity index (χ1) is 12.1. The highest BCUT2D eigenvalue weighted by Crippen LogP contribution is 2.64. The van der Waals surface area contributed by atoms with E-state index in [1.54, 1.807) is 20.8 Å². The number of fused-ring (bicyclic) bond motifs is 5. The molecule has 3 aliphatic rings. The molecule has 5 atom stereocenters. The van der Waals surface area contributed by atoms with E-state index in [0.717, 1.165) is 4.90 Å². The number of amides is 2. The van der Waals surface area contributed by atoms with E-state index < -0.39 is 47.1 Å². The lowest BCUT2D eigenvalue weighted by Crippen LogP contribution is -2.56. The van der Waals surface area contributed by atoms with Crippen LogP contribution in [0.5, 0.6) is 0 Å². The summed E-state index contributed by atoms with van der Waals surface area (Å²) in [5.74, 6) is -2.35. The van der Waals surface area contributed by atoms with Crippen LogP contribution in [-0.4, -0.2) is 33.7 Å². The number of rotatable bonds is 2. The second kappa shape index (κ2) is 4.90. The Balaban J connectivity index is 1.81. The van der Waals surface area contributed by atoms with Crippen LogP contribution in [-0.2, 0) is 21.0 Å². The van der Waals surface area contributed by atoms with E-state index in [9.17, 15) is 19.1 Å². The van der Waals surface area contributed by atoms with Crippen molar-refractivity contribution in [1.29, 1.82) is 5.26 Å². The molecule has 1 aromatic rings. The Kier molecular flexibility index (Phi) is 3.23. The van der Waals surface area contributed by atoms with Gasteiger partial charge in [-0.25, -0.2) is 9.29 Å². The van der Waals surface area contributed by atoms with Crippen molar-refractivity contribution in [3.63, 3.8) is 0 Å². The highest BCUT2D eigenvalue weighted by atomic mass is 19.1. The van der Waals surface area contributed by atoms with Crippen molar-refractivity contribution < 1.29 is 23.8 Å². The third kappa shape index (κ3) is 1.81. The lowest BCUT2D eigenvalue weighted by atomic mass is 9.62. The summed E-state index contributed by atoms with van der Waals surface area (Å²) in [6.07, 6.45) is 0.258. The minimum absolute atomic E-state index is 0.131. The maximum absolute atomic E-state index is 13.2. The number of aliphatic hydroxyl groups is 1. The molecule has 0 spiro atoms. The number of imide groups is 1. The predicted octanol–water partition coefficient (Wildman–Crippen LogP) is 1.84. The largest absolute Gasteiger partial charge is 0.387 e. The van der Waals surface area contributed by atoms with E-state index in [4.69, 9.17) is 10.00 Å². The zero-order valence-electron chi connectivity index (χ0n) is 14.7. The zero-order valence-corrected chi connectivity index (χ0v) is 14.7. The first-order valence-corrected chi connectivity index (χ1v) is 8.49. The number of nitriles is 1. The van der Waals surface area contributed by atoms with Crippen LogP contribution in [0.15, 0.2) is 18.2 Å². The average molecular weight is 358 g/mol. The van der Waals surface area contributed by atoms with Gasteiger partial charge in [0, 0.05) is 12.0 Å². The molecular formula is C19H19FN2O4. The molecule has 2 bridgehead atoms. The van der Waals surface area contributed by atoms with Crippen molar-refractivity contribution >= 4 is 17.5 Å². The number of hydrogen-bond acceptors (Lipinski definition) is 5. The number of halogens is 1. The monoisotopic (exact) mass is 358 g/mol. The fourth-order valence-corrected chi connectivity index (χ4v) is 5.09. The second-order valence-corrected chi connectivity index (χ2v) is 8.03. The molecule has 0 saturated carbocycles. The summed E-state index contributed by atoms with van der Waals surface area (Å²) in [7, 11) is 0. The van der Waals surface area contributed by atoms with Gasteiger partial charge in [-0.05, 0) is 39.0 Å². The fourth-order valence-electron chi connectivity index (χ4n) is 5.09. The van der Waals surface area contributed by atoms with Gasteiger partial charge in [-0.15, -0.1) is 0 Å². The molecule has 0 radical (unpaired) electrons. The summed E-state index contributed by atoms with van der Waals surface area (Å²) in [5.41, 5.74) is -2.79. The third-order valence-corrected chi connectivity index (χ3v) is 6.38. The normalized spacial score (nSPS) is 40.8. The molecule has 136 valence electrons. The fraction of sp³-hybridized carbons (Fsp3) is 0.526. The first kappa shape index (κ1) is 17.1. The molecule has 0 aromatic heterocycles. The van der Waals surface area contributed by atoms with Gasteiger partial charge in [0.1, 0.15) is 12.3 Å². The number of benzene rings is 1. The van der Waals surface area contributed by atoms with Crippen LogP contribution >= 0.6 is 0 Å². The highest BCUT2D eigenvalue weighted by Gasteiger charge is 2.79. The number of hydrogen-bond donors (Lipinski definition) is 1. The Hall–Kier alpha value is -2.30. The van der Waals surface area contributed by atoms with E-state index in [1.165, 1.54) is 18.2 Å². The van der Waals surface area contributed by atoms with Gasteiger partial charge in [0.05, 0.1) is 40.4 Å². The number of carbonyl (C=O) groups is 2. The topological polar surface area (TPSA) is 90.6 Å². The summed E-state index contributed by atoms with van der Waals surface area (Å²) in [6, 6.07) is 6.13. The summed E-state index contributed by atoms with van der Waals surface area (Å²) >= 11 is 0. The van der Waals surface area contributed by atoms with Gasteiger partial charge >= 0.3 is 0 Å². The number of carbonyl (C=O) groups excluding carboxylic acids is 2. The summed E-state index contributed by atoms with van der Waals surface area (Å²) in [5, 5.41) is 19.8. The highest BCUT2D eigenvalue weighted by molar-refractivity contribution is 6.23. The molecule has 4 rings (SSSR count). The van der Waals surface area contributed by atoms with Gasteiger partial charge in [0.25, 0.3) is 0 Å². The molecule has 3 saturated heterocycles. The van der Waals surface area contributed by atoms with Crippen LogP contribution in [0.1, 0.15) is 38.3 Å². The van der Waals surface area contributed by atoms with Crippen LogP contribution in [0.25, 0.3) is 0 Å². The lowest BCUT2D eigenvalue weighted by Gasteiger charge is -2.40. The second-order valence-electron chi connectivity index (χ2n) is 8.03. The zero-order chi connectivity index (χ0) is 19.1. The smallest absolute Gasteiger partial charge is 0.240 e. The van der Waals surface area contributed by atoms with E-state index in [1.807, 2.05) is 6.07 Å². The van der Waals surface area contributed by atoms with Crippen molar-refractivity contribution in [1.82, 2.24) is 0 Å². The Morgan fingerprint density at radius 3 is 2.58 bits per heavy atom. The van der Waals surface area contributed by atoms with Gasteiger partial charge in [-0.1, -0.05) is 0 Å². The van der Waals surface area contributed by atoms with Gasteiger partial charge in [0.15, 0.2) is 0 Å². The van der Waals surface area contributed by atoms with Crippen molar-refractivity contribution in [3.05, 3.63) is 29.3 Å². The minimum Gasteiger partial charge on any atom is -0.387 e. The van der Waals surface area contributed by atoms with Crippen LogP contribution in [0.3, 0.4) is 0 Å². The number of anilines is 1. The number of ether oxygens (including phenoxy) is 1. The first-order valence-electron chi connectivity index (χ1n) is 8.49. The molecule has 26 heavy (non-hydrogen) atoms. The van der Waals surface area contributed by atoms with Crippen LogP contribution in [0.2, 0.25) is 0 Å². The molecule has 3 heterocycles. The Morgan fingerprint density at radius 2 is 1.96 bits per heavy atom.